The molecule has 0 aliphatic rings. The van der Waals surface area contributed by atoms with E-state index in [4.69, 9.17) is 0 Å². The Morgan fingerprint density at radius 3 is 2.67 bits per heavy atom. The van der Waals surface area contributed by atoms with Crippen molar-refractivity contribution in [1.29, 1.82) is 0 Å². The molecule has 27 heavy (non-hydrogen) atoms. The largest absolute Gasteiger partial charge is 0.337 e. The highest BCUT2D eigenvalue weighted by atomic mass is 32.1. The van der Waals surface area contributed by atoms with Gasteiger partial charge in [0.15, 0.2) is 0 Å². The van der Waals surface area contributed by atoms with Crippen LogP contribution in [0.25, 0.3) is 10.1 Å². The molecule has 0 bridgehead atoms. The third-order valence-corrected chi connectivity index (χ3v) is 6.62. The van der Waals surface area contributed by atoms with Gasteiger partial charge in [0.2, 0.25) is 0 Å². The van der Waals surface area contributed by atoms with Crippen molar-refractivity contribution in [3.8, 4) is 0 Å². The van der Waals surface area contributed by atoms with Crippen LogP contribution in [0.3, 0.4) is 0 Å². The van der Waals surface area contributed by atoms with E-state index >= 15 is 0 Å². The molecule has 3 aromatic rings. The fraction of sp³-hybridized carbons (Fsp3) is 0.381. The summed E-state index contributed by atoms with van der Waals surface area (Å²) in [5.41, 5.74) is 1.35. The maximum absolute atomic E-state index is 12.3. The maximum Gasteiger partial charge on any atom is 0.315 e. The van der Waals surface area contributed by atoms with E-state index in [1.165, 1.54) is 20.5 Å². The third kappa shape index (κ3) is 5.54. The molecular weight excluding hydrogens is 374 g/mol. The van der Waals surface area contributed by atoms with E-state index in [1.807, 2.05) is 13.0 Å². The zero-order valence-corrected chi connectivity index (χ0v) is 17.7. The molecule has 2 aromatic heterocycles. The average Bonchev–Trinajstić information content (AvgIpc) is 3.28. The number of amides is 2. The highest BCUT2D eigenvalue weighted by molar-refractivity contribution is 7.17. The maximum atomic E-state index is 12.3. The van der Waals surface area contributed by atoms with Crippen LogP contribution in [-0.2, 0) is 12.8 Å². The van der Waals surface area contributed by atoms with Crippen LogP contribution in [0, 0.1) is 0 Å². The Balaban J connectivity index is 1.52. The predicted octanol–water partition coefficient (Wildman–Crippen LogP) is 4.37. The zero-order chi connectivity index (χ0) is 19.2. The van der Waals surface area contributed by atoms with Gasteiger partial charge >= 0.3 is 6.03 Å². The number of likely N-dealkylation sites (N-methyl/N-ethyl adjacent to an activating group) is 1. The molecule has 0 fully saturated rings. The lowest BCUT2D eigenvalue weighted by Crippen LogP contribution is -2.47. The molecule has 0 saturated heterocycles. The average molecular weight is 402 g/mol. The van der Waals surface area contributed by atoms with Crippen LogP contribution < -0.4 is 10.6 Å². The summed E-state index contributed by atoms with van der Waals surface area (Å²) >= 11 is 3.51. The van der Waals surface area contributed by atoms with Crippen molar-refractivity contribution >= 4 is 38.8 Å². The number of nitrogens with one attached hydrogen (secondary N) is 2. The van der Waals surface area contributed by atoms with Crippen LogP contribution in [0.15, 0.2) is 47.2 Å². The van der Waals surface area contributed by atoms with Gasteiger partial charge in [-0.3, -0.25) is 0 Å². The first kappa shape index (κ1) is 19.9. The highest BCUT2D eigenvalue weighted by Crippen LogP contribution is 2.27. The molecule has 2 atom stereocenters. The van der Waals surface area contributed by atoms with Crippen molar-refractivity contribution in [3.05, 3.63) is 57.6 Å². The minimum Gasteiger partial charge on any atom is -0.337 e. The number of nitrogens with zero attached hydrogens (tertiary/aromatic N) is 1. The van der Waals surface area contributed by atoms with Gasteiger partial charge in [0.05, 0.1) is 0 Å². The molecule has 0 unspecified atom stereocenters. The summed E-state index contributed by atoms with van der Waals surface area (Å²) in [7, 11) is 4.14. The van der Waals surface area contributed by atoms with Crippen molar-refractivity contribution in [2.24, 2.45) is 0 Å². The molecule has 0 spiro atoms. The third-order valence-electron chi connectivity index (χ3n) is 4.71. The molecule has 2 heterocycles. The van der Waals surface area contributed by atoms with E-state index in [-0.39, 0.29) is 18.1 Å². The predicted molar refractivity (Wildman–Crippen MR) is 117 cm³/mol. The number of hydrogen-bond donors (Lipinski definition) is 2. The van der Waals surface area contributed by atoms with Crippen LogP contribution in [-0.4, -0.2) is 43.7 Å². The summed E-state index contributed by atoms with van der Waals surface area (Å²) in [6.45, 7) is 2.66. The second-order valence-electron chi connectivity index (χ2n) is 7.12. The van der Waals surface area contributed by atoms with E-state index in [1.54, 1.807) is 22.7 Å². The van der Waals surface area contributed by atoms with E-state index in [2.05, 4.69) is 70.7 Å². The van der Waals surface area contributed by atoms with Crippen molar-refractivity contribution in [2.45, 2.75) is 31.8 Å². The second kappa shape index (κ2) is 9.35. The Morgan fingerprint density at radius 1 is 1.11 bits per heavy atom. The standard InChI is InChI=1S/C21H27N3OS2/c1-15(11-18-7-6-10-26-18)23-21(25)22-13-17(24(2)3)12-16-14-27-20-9-5-4-8-19(16)20/h4-10,14-15,17H,11-13H2,1-3H3,(H2,22,23,25)/t15-,17+/m1/s1. The molecule has 0 aliphatic carbocycles. The Hall–Kier alpha value is -1.89. The molecule has 1 aromatic carbocycles. The van der Waals surface area contributed by atoms with E-state index in [9.17, 15) is 4.79 Å². The number of thiophene rings is 2. The summed E-state index contributed by atoms with van der Waals surface area (Å²) in [5.74, 6) is 0. The first-order valence-corrected chi connectivity index (χ1v) is 11.0. The normalized spacial score (nSPS) is 13.6. The fourth-order valence-corrected chi connectivity index (χ4v) is 4.96. The van der Waals surface area contributed by atoms with Gasteiger partial charge in [-0.15, -0.1) is 22.7 Å². The molecule has 0 saturated carbocycles. The van der Waals surface area contributed by atoms with Gasteiger partial charge in [0, 0.05) is 34.6 Å². The van der Waals surface area contributed by atoms with Gasteiger partial charge in [-0.05, 0) is 61.3 Å². The number of carbonyl (C=O) groups is 1. The molecule has 0 aliphatic heterocycles. The topological polar surface area (TPSA) is 44.4 Å². The minimum atomic E-state index is -0.0962. The number of urea groups is 1. The zero-order valence-electron chi connectivity index (χ0n) is 16.1. The highest BCUT2D eigenvalue weighted by Gasteiger charge is 2.17. The number of rotatable bonds is 8. The van der Waals surface area contributed by atoms with E-state index in [0.29, 0.717) is 6.54 Å². The molecule has 4 nitrogen and oxygen atoms in total. The summed E-state index contributed by atoms with van der Waals surface area (Å²) in [5, 5.41) is 11.7. The van der Waals surface area contributed by atoms with Crippen LogP contribution in [0.1, 0.15) is 17.4 Å². The van der Waals surface area contributed by atoms with Crippen LogP contribution in [0.4, 0.5) is 4.79 Å². The van der Waals surface area contributed by atoms with Crippen LogP contribution in [0.2, 0.25) is 0 Å². The molecule has 0 radical (unpaired) electrons. The molecule has 144 valence electrons. The van der Waals surface area contributed by atoms with Crippen LogP contribution in [0.5, 0.6) is 0 Å². The van der Waals surface area contributed by atoms with Crippen LogP contribution >= 0.6 is 22.7 Å². The van der Waals surface area contributed by atoms with Gasteiger partial charge in [0.25, 0.3) is 0 Å². The fourth-order valence-electron chi connectivity index (χ4n) is 3.15. The summed E-state index contributed by atoms with van der Waals surface area (Å²) in [4.78, 5) is 15.8. The summed E-state index contributed by atoms with van der Waals surface area (Å²) < 4.78 is 1.32. The van der Waals surface area contributed by atoms with Crippen molar-refractivity contribution in [1.82, 2.24) is 15.5 Å². The smallest absolute Gasteiger partial charge is 0.315 e. The van der Waals surface area contributed by atoms with E-state index in [0.717, 1.165) is 12.8 Å². The van der Waals surface area contributed by atoms with Crippen molar-refractivity contribution < 1.29 is 4.79 Å². The number of carbonyl (C=O) groups excluding carboxylic acids is 1. The second-order valence-corrected chi connectivity index (χ2v) is 9.06. The van der Waals surface area contributed by atoms with Gasteiger partial charge in [0.1, 0.15) is 0 Å². The molecule has 2 amide bonds. The van der Waals surface area contributed by atoms with Gasteiger partial charge in [-0.2, -0.15) is 0 Å². The van der Waals surface area contributed by atoms with E-state index < -0.39 is 0 Å². The number of fused-ring (bicyclic) bond motifs is 1. The summed E-state index contributed by atoms with van der Waals surface area (Å²) in [6, 6.07) is 12.9. The lowest BCUT2D eigenvalue weighted by atomic mass is 10.0. The van der Waals surface area contributed by atoms with Gasteiger partial charge < -0.3 is 15.5 Å². The van der Waals surface area contributed by atoms with Crippen molar-refractivity contribution in [3.63, 3.8) is 0 Å². The number of hydrogen-bond acceptors (Lipinski definition) is 4. The first-order valence-electron chi connectivity index (χ1n) is 9.21. The monoisotopic (exact) mass is 401 g/mol. The molecule has 3 rings (SSSR count). The Kier molecular flexibility index (Phi) is 6.88. The first-order chi connectivity index (χ1) is 13.0. The molecule has 2 N–H and O–H groups in total. The minimum absolute atomic E-state index is 0.0962. The van der Waals surface area contributed by atoms with Crippen molar-refractivity contribution in [2.75, 3.05) is 20.6 Å². The Labute approximate surface area is 169 Å². The SMILES string of the molecule is C[C@H](Cc1cccs1)NC(=O)NC[C@H](Cc1csc2ccccc12)N(C)C. The van der Waals surface area contributed by atoms with Gasteiger partial charge in [-0.1, -0.05) is 24.3 Å². The Morgan fingerprint density at radius 2 is 1.93 bits per heavy atom. The lowest BCUT2D eigenvalue weighted by molar-refractivity contribution is 0.229. The Bertz CT molecular complexity index is 857. The lowest BCUT2D eigenvalue weighted by Gasteiger charge is -2.25. The summed E-state index contributed by atoms with van der Waals surface area (Å²) in [6.07, 6.45) is 1.78. The molecule has 6 heteroatoms. The van der Waals surface area contributed by atoms with Gasteiger partial charge in [-0.25, -0.2) is 4.79 Å². The number of benzene rings is 1. The molecular formula is C21H27N3OS2. The quantitative estimate of drug-likeness (QED) is 0.589.